The van der Waals surface area contributed by atoms with Crippen molar-refractivity contribution in [2.45, 2.75) is 19.3 Å². The molecule has 3 heteroatoms. The largest absolute Gasteiger partial charge is 0.496 e. The molecule has 0 spiro atoms. The number of aryl methyl sites for hydroxylation is 1. The first-order chi connectivity index (χ1) is 11.2. The quantitative estimate of drug-likeness (QED) is 0.794. The van der Waals surface area contributed by atoms with E-state index in [4.69, 9.17) is 4.74 Å². The Kier molecular flexibility index (Phi) is 4.47. The Bertz CT molecular complexity index is 780. The van der Waals surface area contributed by atoms with Gasteiger partial charge < -0.3 is 9.30 Å². The van der Waals surface area contributed by atoms with Crippen LogP contribution in [0.5, 0.6) is 5.75 Å². The van der Waals surface area contributed by atoms with Crippen LogP contribution in [0.15, 0.2) is 53.7 Å². The van der Waals surface area contributed by atoms with Crippen LogP contribution in [0.2, 0.25) is 0 Å². The van der Waals surface area contributed by atoms with E-state index in [1.807, 2.05) is 66.4 Å². The van der Waals surface area contributed by atoms with E-state index in [2.05, 4.69) is 0 Å². The maximum absolute atomic E-state index is 12.8. The molecule has 1 aromatic heterocycles. The van der Waals surface area contributed by atoms with Crippen LogP contribution < -0.4 is 4.74 Å². The van der Waals surface area contributed by atoms with E-state index >= 15 is 0 Å². The first kappa shape index (κ1) is 15.3. The van der Waals surface area contributed by atoms with Crippen LogP contribution in [0, 0.1) is 0 Å². The molecule has 0 unspecified atom stereocenters. The van der Waals surface area contributed by atoms with Crippen molar-refractivity contribution in [3.8, 4) is 5.75 Å². The monoisotopic (exact) mass is 307 g/mol. The van der Waals surface area contributed by atoms with Crippen LogP contribution in [0.1, 0.15) is 30.5 Å². The first-order valence-electron chi connectivity index (χ1n) is 7.89. The van der Waals surface area contributed by atoms with Gasteiger partial charge in [0.25, 0.3) is 0 Å². The molecule has 0 amide bonds. The number of Topliss-reactive ketones (excluding diaryl/α,β-unsaturated/α-hetero) is 1. The molecule has 1 saturated carbocycles. The van der Waals surface area contributed by atoms with Gasteiger partial charge in [-0.15, -0.1) is 0 Å². The van der Waals surface area contributed by atoms with E-state index in [0.29, 0.717) is 0 Å². The second-order valence-electron chi connectivity index (χ2n) is 5.81. The molecule has 1 aliphatic carbocycles. The third-order valence-electron chi connectivity index (χ3n) is 4.25. The second-order valence-corrected chi connectivity index (χ2v) is 5.81. The summed E-state index contributed by atoms with van der Waals surface area (Å²) in [6.45, 7) is 0. The Morgan fingerprint density at radius 1 is 1.04 bits per heavy atom. The highest BCUT2D eigenvalue weighted by molar-refractivity contribution is 6.14. The Balaban J connectivity index is 1.92. The van der Waals surface area contributed by atoms with Crippen molar-refractivity contribution < 1.29 is 9.53 Å². The van der Waals surface area contributed by atoms with Crippen LogP contribution >= 0.6 is 0 Å². The third-order valence-corrected chi connectivity index (χ3v) is 4.25. The van der Waals surface area contributed by atoms with Crippen molar-refractivity contribution in [1.29, 1.82) is 0 Å². The topological polar surface area (TPSA) is 31.2 Å². The van der Waals surface area contributed by atoms with Gasteiger partial charge in [-0.05, 0) is 49.6 Å². The smallest absolute Gasteiger partial charge is 0.185 e. The van der Waals surface area contributed by atoms with E-state index in [1.165, 1.54) is 0 Å². The zero-order valence-corrected chi connectivity index (χ0v) is 13.6. The summed E-state index contributed by atoms with van der Waals surface area (Å²) >= 11 is 0. The fraction of sp³-hybridized carbons (Fsp3) is 0.250. The van der Waals surface area contributed by atoms with Gasteiger partial charge in [-0.2, -0.15) is 0 Å². The lowest BCUT2D eigenvalue weighted by Crippen LogP contribution is -2.12. The van der Waals surface area contributed by atoms with E-state index in [-0.39, 0.29) is 5.78 Å². The predicted octanol–water partition coefficient (Wildman–Crippen LogP) is 4.25. The van der Waals surface area contributed by atoms with Crippen LogP contribution in [-0.2, 0) is 11.8 Å². The molecule has 23 heavy (non-hydrogen) atoms. The van der Waals surface area contributed by atoms with Gasteiger partial charge in [0.15, 0.2) is 5.78 Å². The molecule has 1 aromatic carbocycles. The van der Waals surface area contributed by atoms with Gasteiger partial charge in [0, 0.05) is 35.6 Å². The zero-order valence-electron chi connectivity index (χ0n) is 13.6. The minimum absolute atomic E-state index is 0.156. The normalized spacial score (nSPS) is 18.6. The van der Waals surface area contributed by atoms with E-state index in [1.54, 1.807) is 7.11 Å². The van der Waals surface area contributed by atoms with Crippen molar-refractivity contribution in [1.82, 2.24) is 4.57 Å². The summed E-state index contributed by atoms with van der Waals surface area (Å²) in [5.74, 6) is 0.953. The van der Waals surface area contributed by atoms with Gasteiger partial charge >= 0.3 is 0 Å². The van der Waals surface area contributed by atoms with Gasteiger partial charge in [0.05, 0.1) is 7.11 Å². The van der Waals surface area contributed by atoms with Crippen molar-refractivity contribution >= 4 is 17.9 Å². The van der Waals surface area contributed by atoms with E-state index in [9.17, 15) is 4.79 Å². The summed E-state index contributed by atoms with van der Waals surface area (Å²) < 4.78 is 7.40. The lowest BCUT2D eigenvalue weighted by Gasteiger charge is -2.17. The minimum Gasteiger partial charge on any atom is -0.496 e. The highest BCUT2D eigenvalue weighted by Gasteiger charge is 2.21. The molecule has 2 aromatic rings. The number of carbonyl (C=O) groups excluding carboxylic acids is 1. The maximum Gasteiger partial charge on any atom is 0.185 e. The predicted molar refractivity (Wildman–Crippen MR) is 93.2 cm³/mol. The van der Waals surface area contributed by atoms with Crippen molar-refractivity contribution in [2.24, 2.45) is 7.05 Å². The van der Waals surface area contributed by atoms with Crippen LogP contribution in [0.25, 0.3) is 12.2 Å². The van der Waals surface area contributed by atoms with Gasteiger partial charge in [-0.3, -0.25) is 4.79 Å². The minimum atomic E-state index is 0.156. The number of aromatic nitrogens is 1. The molecule has 1 heterocycles. The van der Waals surface area contributed by atoms with Gasteiger partial charge in [-0.25, -0.2) is 0 Å². The molecule has 1 aliphatic rings. The van der Waals surface area contributed by atoms with Crippen molar-refractivity contribution in [3.05, 3.63) is 65.0 Å². The average Bonchev–Trinajstić information content (AvgIpc) is 2.97. The summed E-state index contributed by atoms with van der Waals surface area (Å²) in [6, 6.07) is 11.8. The molecule has 0 atom stereocenters. The third kappa shape index (κ3) is 3.29. The molecule has 0 bridgehead atoms. The second kappa shape index (κ2) is 6.69. The number of rotatable bonds is 3. The zero-order chi connectivity index (χ0) is 16.2. The number of hydrogen-bond donors (Lipinski definition) is 0. The molecular formula is C20H21NO2. The van der Waals surface area contributed by atoms with Crippen molar-refractivity contribution in [2.75, 3.05) is 7.11 Å². The van der Waals surface area contributed by atoms with Crippen molar-refractivity contribution in [3.63, 3.8) is 0 Å². The number of para-hydroxylation sites is 1. The fourth-order valence-corrected chi connectivity index (χ4v) is 2.95. The fourth-order valence-electron chi connectivity index (χ4n) is 2.95. The lowest BCUT2D eigenvalue weighted by molar-refractivity contribution is -0.112. The number of ketones is 1. The Hall–Kier alpha value is -2.55. The number of carbonyl (C=O) groups is 1. The van der Waals surface area contributed by atoms with E-state index < -0.39 is 0 Å². The Morgan fingerprint density at radius 2 is 1.78 bits per heavy atom. The molecule has 0 aliphatic heterocycles. The molecule has 1 fully saturated rings. The molecule has 0 saturated heterocycles. The number of methoxy groups -OCH3 is 1. The molecule has 3 nitrogen and oxygen atoms in total. The van der Waals surface area contributed by atoms with Gasteiger partial charge in [0.2, 0.25) is 0 Å². The van der Waals surface area contributed by atoms with Gasteiger partial charge in [-0.1, -0.05) is 18.2 Å². The summed E-state index contributed by atoms with van der Waals surface area (Å²) in [7, 11) is 3.64. The first-order valence-corrected chi connectivity index (χ1v) is 7.89. The van der Waals surface area contributed by atoms with E-state index in [0.717, 1.165) is 47.4 Å². The highest BCUT2D eigenvalue weighted by Crippen LogP contribution is 2.30. The highest BCUT2D eigenvalue weighted by atomic mass is 16.5. The molecule has 3 rings (SSSR count). The number of nitrogens with zero attached hydrogens (tertiary/aromatic N) is 1. The SMILES string of the molecule is COc1ccccc1/C=C1\CCC/C(=C\c2cccn2C)C1=O. The number of hydrogen-bond acceptors (Lipinski definition) is 2. The number of benzene rings is 1. The molecular weight excluding hydrogens is 286 g/mol. The molecule has 118 valence electrons. The summed E-state index contributed by atoms with van der Waals surface area (Å²) in [5.41, 5.74) is 3.77. The lowest BCUT2D eigenvalue weighted by atomic mass is 9.87. The van der Waals surface area contributed by atoms with Gasteiger partial charge in [0.1, 0.15) is 5.75 Å². The standard InChI is InChI=1S/C20H21NO2/c1-21-12-6-10-18(21)14-17-9-5-8-16(20(17)22)13-15-7-3-4-11-19(15)23-2/h3-4,6-7,10-14H,5,8-9H2,1-2H3/b16-13+,17-14+. The van der Waals surface area contributed by atoms with Crippen LogP contribution in [-0.4, -0.2) is 17.5 Å². The maximum atomic E-state index is 12.8. The molecule has 0 N–H and O–H groups in total. The number of allylic oxidation sites excluding steroid dienone is 2. The Morgan fingerprint density at radius 3 is 2.48 bits per heavy atom. The summed E-state index contributed by atoms with van der Waals surface area (Å²) in [6.07, 6.45) is 8.64. The Labute approximate surface area is 136 Å². The number of ether oxygens (including phenoxy) is 1. The molecule has 0 radical (unpaired) electrons. The van der Waals surface area contributed by atoms with Crippen LogP contribution in [0.4, 0.5) is 0 Å². The average molecular weight is 307 g/mol. The summed E-state index contributed by atoms with van der Waals surface area (Å²) in [5, 5.41) is 0. The summed E-state index contributed by atoms with van der Waals surface area (Å²) in [4.78, 5) is 12.8. The van der Waals surface area contributed by atoms with Crippen LogP contribution in [0.3, 0.4) is 0 Å².